The third-order valence-corrected chi connectivity index (χ3v) is 9.26. The van der Waals surface area contributed by atoms with Gasteiger partial charge in [0.05, 0.1) is 9.79 Å². The number of hydrogen-bond donors (Lipinski definition) is 4. The molecule has 158 valence electrons. The van der Waals surface area contributed by atoms with Gasteiger partial charge in [-0.25, -0.2) is 16.8 Å². The first kappa shape index (κ1) is 21.2. The largest absolute Gasteiger partial charge is 0.504 e. The molecule has 0 unspecified atom stereocenters. The van der Waals surface area contributed by atoms with Crippen LogP contribution in [-0.2, 0) is 20.0 Å². The van der Waals surface area contributed by atoms with E-state index in [1.165, 1.54) is 0 Å². The lowest BCUT2D eigenvalue weighted by Gasteiger charge is -2.32. The maximum Gasteiger partial charge on any atom is 0.256 e. The Hall–Kier alpha value is -2.50. The second-order valence-electron chi connectivity index (χ2n) is 6.83. The molecule has 0 radical (unpaired) electrons. The Morgan fingerprint density at radius 2 is 1.07 bits per heavy atom. The monoisotopic (exact) mass is 443 g/mol. The molecular formula is C18H21NO8S2. The lowest BCUT2D eigenvalue weighted by molar-refractivity contribution is 0.328. The van der Waals surface area contributed by atoms with Crippen molar-refractivity contribution in [2.75, 3.05) is 0 Å². The van der Waals surface area contributed by atoms with Gasteiger partial charge in [0.15, 0.2) is 23.0 Å². The summed E-state index contributed by atoms with van der Waals surface area (Å²) in [5.41, 5.74) is 0. The van der Waals surface area contributed by atoms with Crippen molar-refractivity contribution < 1.29 is 37.3 Å². The molecule has 0 heterocycles. The lowest BCUT2D eigenvalue weighted by atomic mass is 9.96. The molecule has 1 aliphatic rings. The van der Waals surface area contributed by atoms with Crippen LogP contribution in [0.4, 0.5) is 0 Å². The number of rotatable bonds is 5. The van der Waals surface area contributed by atoms with Gasteiger partial charge in [-0.3, -0.25) is 0 Å². The molecule has 0 bridgehead atoms. The van der Waals surface area contributed by atoms with Gasteiger partial charge in [-0.05, 0) is 37.1 Å². The van der Waals surface area contributed by atoms with Crippen LogP contribution in [-0.4, -0.2) is 47.0 Å². The highest BCUT2D eigenvalue weighted by Crippen LogP contribution is 2.37. The zero-order valence-corrected chi connectivity index (χ0v) is 16.9. The van der Waals surface area contributed by atoms with Crippen LogP contribution in [0.25, 0.3) is 0 Å². The van der Waals surface area contributed by atoms with Crippen molar-refractivity contribution in [2.24, 2.45) is 0 Å². The van der Waals surface area contributed by atoms with Crippen LogP contribution in [0.3, 0.4) is 0 Å². The SMILES string of the molecule is O=S(=O)(c1ccc(O)c(O)c1)N(C1CCCCC1)S(=O)(=O)c1ccc(O)c(O)c1. The normalized spacial score (nSPS) is 16.2. The van der Waals surface area contributed by atoms with E-state index in [0.717, 1.165) is 42.8 Å². The van der Waals surface area contributed by atoms with Crippen LogP contribution in [0.5, 0.6) is 23.0 Å². The Morgan fingerprint density at radius 1 is 0.655 bits per heavy atom. The van der Waals surface area contributed by atoms with Gasteiger partial charge in [0.25, 0.3) is 20.0 Å². The van der Waals surface area contributed by atoms with Crippen LogP contribution >= 0.6 is 0 Å². The molecule has 0 aliphatic heterocycles. The summed E-state index contributed by atoms with van der Waals surface area (Å²) in [6.45, 7) is 0. The first-order valence-electron chi connectivity index (χ1n) is 8.89. The molecule has 11 heteroatoms. The minimum atomic E-state index is -4.64. The number of phenolic OH excluding ortho intramolecular Hbond substituents is 4. The van der Waals surface area contributed by atoms with Gasteiger partial charge in [-0.1, -0.05) is 23.0 Å². The molecular weight excluding hydrogens is 422 g/mol. The predicted octanol–water partition coefficient (Wildman–Crippen LogP) is 2.22. The minimum Gasteiger partial charge on any atom is -0.504 e. The van der Waals surface area contributed by atoms with E-state index in [9.17, 15) is 37.3 Å². The quantitative estimate of drug-likeness (QED) is 0.513. The molecule has 1 fully saturated rings. The van der Waals surface area contributed by atoms with Gasteiger partial charge in [0, 0.05) is 18.2 Å². The summed E-state index contributed by atoms with van der Waals surface area (Å²) in [4.78, 5) is -0.991. The van der Waals surface area contributed by atoms with Gasteiger partial charge in [0.2, 0.25) is 0 Å². The molecule has 3 rings (SSSR count). The van der Waals surface area contributed by atoms with E-state index in [0.29, 0.717) is 29.4 Å². The van der Waals surface area contributed by atoms with Crippen molar-refractivity contribution in [1.82, 2.24) is 3.71 Å². The van der Waals surface area contributed by atoms with Crippen LogP contribution in [0.1, 0.15) is 32.1 Å². The van der Waals surface area contributed by atoms with Crippen molar-refractivity contribution >= 4 is 20.0 Å². The summed E-state index contributed by atoms with van der Waals surface area (Å²) in [5, 5.41) is 38.3. The summed E-state index contributed by atoms with van der Waals surface area (Å²) in [6, 6.07) is 4.65. The average Bonchev–Trinajstić information content (AvgIpc) is 2.66. The Kier molecular flexibility index (Phi) is 5.65. The highest BCUT2D eigenvalue weighted by Gasteiger charge is 2.42. The second-order valence-corrected chi connectivity index (χ2v) is 10.7. The van der Waals surface area contributed by atoms with E-state index in [4.69, 9.17) is 0 Å². The number of phenols is 4. The molecule has 1 aliphatic carbocycles. The molecule has 2 aromatic rings. The highest BCUT2D eigenvalue weighted by molar-refractivity contribution is 8.04. The zero-order valence-electron chi connectivity index (χ0n) is 15.3. The Morgan fingerprint density at radius 3 is 1.45 bits per heavy atom. The predicted molar refractivity (Wildman–Crippen MR) is 103 cm³/mol. The van der Waals surface area contributed by atoms with E-state index in [1.807, 2.05) is 0 Å². The molecule has 0 saturated heterocycles. The first-order valence-corrected chi connectivity index (χ1v) is 11.8. The molecule has 29 heavy (non-hydrogen) atoms. The third-order valence-electron chi connectivity index (χ3n) is 4.84. The molecule has 0 atom stereocenters. The fraction of sp³-hybridized carbons (Fsp3) is 0.333. The molecule has 4 N–H and O–H groups in total. The van der Waals surface area contributed by atoms with Gasteiger partial charge >= 0.3 is 0 Å². The smallest absolute Gasteiger partial charge is 0.256 e. The van der Waals surface area contributed by atoms with Crippen molar-refractivity contribution in [2.45, 2.75) is 47.9 Å². The Balaban J connectivity index is 2.18. The summed E-state index contributed by atoms with van der Waals surface area (Å²) in [6.07, 6.45) is 2.80. The number of aromatic hydroxyl groups is 4. The topological polar surface area (TPSA) is 152 Å². The van der Waals surface area contributed by atoms with Crippen molar-refractivity contribution in [1.29, 1.82) is 0 Å². The number of benzene rings is 2. The molecule has 0 aromatic heterocycles. The van der Waals surface area contributed by atoms with E-state index in [-0.39, 0.29) is 0 Å². The van der Waals surface area contributed by atoms with Crippen molar-refractivity contribution in [3.63, 3.8) is 0 Å². The fourth-order valence-corrected chi connectivity index (χ4v) is 7.52. The van der Waals surface area contributed by atoms with E-state index in [2.05, 4.69) is 0 Å². The summed E-state index contributed by atoms with van der Waals surface area (Å²) < 4.78 is 53.6. The minimum absolute atomic E-state index is 0.326. The fourth-order valence-electron chi connectivity index (χ4n) is 3.35. The van der Waals surface area contributed by atoms with Crippen molar-refractivity contribution in [3.8, 4) is 23.0 Å². The van der Waals surface area contributed by atoms with Crippen LogP contribution in [0.2, 0.25) is 0 Å². The second kappa shape index (κ2) is 7.73. The molecule has 0 amide bonds. The van der Waals surface area contributed by atoms with Crippen LogP contribution in [0, 0.1) is 0 Å². The Bertz CT molecular complexity index is 1040. The molecule has 2 aromatic carbocycles. The van der Waals surface area contributed by atoms with E-state index >= 15 is 0 Å². The number of nitrogens with zero attached hydrogens (tertiary/aromatic N) is 1. The standard InChI is InChI=1S/C18H21NO8S2/c20-15-8-6-13(10-17(15)22)28(24,25)19(12-4-2-1-3-5-12)29(26,27)14-7-9-16(21)18(23)11-14/h6-12,20-23H,1-5H2. The molecule has 9 nitrogen and oxygen atoms in total. The Labute approximate surface area is 168 Å². The maximum atomic E-state index is 13.3. The molecule has 0 spiro atoms. The van der Waals surface area contributed by atoms with E-state index in [1.54, 1.807) is 0 Å². The lowest BCUT2D eigenvalue weighted by Crippen LogP contribution is -2.45. The maximum absolute atomic E-state index is 13.3. The van der Waals surface area contributed by atoms with Crippen molar-refractivity contribution in [3.05, 3.63) is 36.4 Å². The molecule has 1 saturated carbocycles. The number of hydrogen-bond acceptors (Lipinski definition) is 8. The zero-order chi connectivity index (χ0) is 21.4. The third kappa shape index (κ3) is 3.98. The van der Waals surface area contributed by atoms with Crippen LogP contribution < -0.4 is 0 Å². The van der Waals surface area contributed by atoms with Gasteiger partial charge in [-0.15, -0.1) is 0 Å². The highest BCUT2D eigenvalue weighted by atomic mass is 32.3. The van der Waals surface area contributed by atoms with Gasteiger partial charge in [0.1, 0.15) is 0 Å². The van der Waals surface area contributed by atoms with E-state index < -0.39 is 58.9 Å². The first-order chi connectivity index (χ1) is 13.5. The summed E-state index contributed by atoms with van der Waals surface area (Å²) >= 11 is 0. The average molecular weight is 443 g/mol. The summed E-state index contributed by atoms with van der Waals surface area (Å²) in [5.74, 6) is -2.48. The van der Waals surface area contributed by atoms with Crippen LogP contribution in [0.15, 0.2) is 46.2 Å². The van der Waals surface area contributed by atoms with Gasteiger partial charge in [-0.2, -0.15) is 0 Å². The summed E-state index contributed by atoms with van der Waals surface area (Å²) in [7, 11) is -9.28. The van der Waals surface area contributed by atoms with Gasteiger partial charge < -0.3 is 20.4 Å². The number of sulfonamides is 2.